The van der Waals surface area contributed by atoms with E-state index in [0.29, 0.717) is 6.08 Å². The molecule has 2 nitrogen and oxygen atoms in total. The summed E-state index contributed by atoms with van der Waals surface area (Å²) in [6.07, 6.45) is -12.0. The number of halogens is 8. The topological polar surface area (TPSA) is 26.3 Å². The zero-order valence-electron chi connectivity index (χ0n) is 8.41. The summed E-state index contributed by atoms with van der Waals surface area (Å²) in [6, 6.07) is 0. The summed E-state index contributed by atoms with van der Waals surface area (Å²) in [7, 11) is 0. The van der Waals surface area contributed by atoms with Crippen LogP contribution in [0.3, 0.4) is 0 Å². The average Bonchev–Trinajstić information content (AvgIpc) is 2.13. The van der Waals surface area contributed by atoms with Gasteiger partial charge in [-0.25, -0.2) is 4.79 Å². The maximum Gasteiger partial charge on any atom is 0.454 e. The molecule has 0 rings (SSSR count). The van der Waals surface area contributed by atoms with Crippen molar-refractivity contribution in [2.45, 2.75) is 18.3 Å². The first kappa shape index (κ1) is 16.6. The van der Waals surface area contributed by atoms with E-state index in [-0.39, 0.29) is 0 Å². The van der Waals surface area contributed by atoms with E-state index in [9.17, 15) is 39.9 Å². The molecule has 0 bridgehead atoms. The Balaban J connectivity index is 5.14. The number of rotatable bonds is 4. The Kier molecular flexibility index (Phi) is 4.72. The highest BCUT2D eigenvalue weighted by Gasteiger charge is 2.69. The van der Waals surface area contributed by atoms with Crippen LogP contribution in [0, 0.1) is 5.92 Å². The maximum absolute atomic E-state index is 12.6. The fourth-order valence-electron chi connectivity index (χ4n) is 0.827. The Bertz CT molecular complexity index is 316. The Morgan fingerprint density at radius 1 is 1.11 bits per heavy atom. The van der Waals surface area contributed by atoms with Crippen LogP contribution in [0.2, 0.25) is 0 Å². The van der Waals surface area contributed by atoms with Gasteiger partial charge in [-0.15, -0.1) is 0 Å². The van der Waals surface area contributed by atoms with Crippen molar-refractivity contribution >= 4 is 5.97 Å². The summed E-state index contributed by atoms with van der Waals surface area (Å²) in [6.45, 7) is 0.594. The van der Waals surface area contributed by atoms with Gasteiger partial charge in [0.15, 0.2) is 5.92 Å². The summed E-state index contributed by atoms with van der Waals surface area (Å²) in [5, 5.41) is 0. The van der Waals surface area contributed by atoms with E-state index in [2.05, 4.69) is 11.3 Å². The monoisotopic (exact) mass is 286 g/mol. The molecule has 1 atom stereocenters. The quantitative estimate of drug-likeness (QED) is 0.451. The van der Waals surface area contributed by atoms with Crippen LogP contribution in [0.5, 0.6) is 0 Å². The van der Waals surface area contributed by atoms with Crippen molar-refractivity contribution in [1.29, 1.82) is 0 Å². The van der Waals surface area contributed by atoms with Crippen LogP contribution in [0.15, 0.2) is 12.7 Å². The van der Waals surface area contributed by atoms with Gasteiger partial charge in [0.25, 0.3) is 0 Å². The van der Waals surface area contributed by atoms with Crippen LogP contribution in [-0.2, 0) is 9.53 Å². The van der Waals surface area contributed by atoms with Gasteiger partial charge < -0.3 is 4.74 Å². The highest BCUT2D eigenvalue weighted by atomic mass is 19.4. The van der Waals surface area contributed by atoms with Gasteiger partial charge in [0.2, 0.25) is 0 Å². The molecular formula is C8H6F8O2. The predicted octanol–water partition coefficient (Wildman–Crippen LogP) is 3.09. The second-order valence-corrected chi connectivity index (χ2v) is 3.05. The van der Waals surface area contributed by atoms with Crippen LogP contribution in [0.25, 0.3) is 0 Å². The molecule has 0 saturated heterocycles. The van der Waals surface area contributed by atoms with Crippen molar-refractivity contribution < 1.29 is 44.7 Å². The lowest BCUT2D eigenvalue weighted by molar-refractivity contribution is -0.349. The van der Waals surface area contributed by atoms with Crippen molar-refractivity contribution in [2.24, 2.45) is 5.92 Å². The average molecular weight is 286 g/mol. The molecule has 0 amide bonds. The molecule has 0 heterocycles. The molecule has 0 radical (unpaired) electrons. The molecule has 10 heteroatoms. The fourth-order valence-corrected chi connectivity index (χ4v) is 0.827. The van der Waals surface area contributed by atoms with Gasteiger partial charge in [-0.05, 0) is 0 Å². The fraction of sp³-hybridized carbons (Fsp3) is 0.625. The molecular weight excluding hydrogens is 280 g/mol. The Labute approximate surface area is 95.2 Å². The van der Waals surface area contributed by atoms with Crippen molar-refractivity contribution in [3.05, 3.63) is 12.7 Å². The standard InChI is InChI=1S/C8H6F8O2/c1-2-5(17)18-3-4(7(11,12)13)6(9,10)8(14,15)16/h2,4H,1,3H2. The molecule has 1 unspecified atom stereocenters. The molecule has 0 aliphatic rings. The SMILES string of the molecule is C=CC(=O)OCC(C(F)(F)F)C(F)(F)C(F)(F)F. The zero-order chi connectivity index (χ0) is 14.8. The predicted molar refractivity (Wildman–Crippen MR) is 41.7 cm³/mol. The van der Waals surface area contributed by atoms with E-state index in [4.69, 9.17) is 0 Å². The van der Waals surface area contributed by atoms with Gasteiger partial charge in [0, 0.05) is 6.08 Å². The van der Waals surface area contributed by atoms with Gasteiger partial charge >= 0.3 is 24.2 Å². The molecule has 0 aliphatic carbocycles. The smallest absolute Gasteiger partial charge is 0.454 e. The number of carbonyl (C=O) groups excluding carboxylic acids is 1. The number of ether oxygens (including phenoxy) is 1. The van der Waals surface area contributed by atoms with Gasteiger partial charge in [0.1, 0.15) is 6.61 Å². The third kappa shape index (κ3) is 3.84. The number of hydrogen-bond acceptors (Lipinski definition) is 2. The minimum Gasteiger partial charge on any atom is -0.462 e. The molecule has 0 N–H and O–H groups in total. The number of esters is 1. The molecule has 0 aromatic carbocycles. The van der Waals surface area contributed by atoms with E-state index in [0.717, 1.165) is 0 Å². The van der Waals surface area contributed by atoms with Crippen LogP contribution < -0.4 is 0 Å². The molecule has 106 valence electrons. The number of hydrogen-bond donors (Lipinski definition) is 0. The summed E-state index contributed by atoms with van der Waals surface area (Å²) in [4.78, 5) is 10.4. The van der Waals surface area contributed by atoms with E-state index in [1.165, 1.54) is 0 Å². The minimum absolute atomic E-state index is 0.333. The van der Waals surface area contributed by atoms with Gasteiger partial charge in [-0.1, -0.05) is 6.58 Å². The van der Waals surface area contributed by atoms with Crippen LogP contribution in [0.4, 0.5) is 35.1 Å². The second-order valence-electron chi connectivity index (χ2n) is 3.05. The first-order chi connectivity index (χ1) is 7.84. The van der Waals surface area contributed by atoms with E-state index in [1.54, 1.807) is 0 Å². The van der Waals surface area contributed by atoms with E-state index in [1.807, 2.05) is 0 Å². The first-order valence-electron chi connectivity index (χ1n) is 4.14. The number of carbonyl (C=O) groups is 1. The maximum atomic E-state index is 12.6. The third-order valence-electron chi connectivity index (χ3n) is 1.77. The lowest BCUT2D eigenvalue weighted by Gasteiger charge is -2.29. The van der Waals surface area contributed by atoms with Crippen LogP contribution in [0.1, 0.15) is 0 Å². The third-order valence-corrected chi connectivity index (χ3v) is 1.77. The normalized spacial score (nSPS) is 15.1. The first-order valence-corrected chi connectivity index (χ1v) is 4.14. The lowest BCUT2D eigenvalue weighted by Crippen LogP contribution is -2.51. The van der Waals surface area contributed by atoms with Gasteiger partial charge in [0.05, 0.1) is 0 Å². The van der Waals surface area contributed by atoms with E-state index >= 15 is 0 Å². The summed E-state index contributed by atoms with van der Waals surface area (Å²) in [5.41, 5.74) is 0. The van der Waals surface area contributed by atoms with Crippen LogP contribution >= 0.6 is 0 Å². The Morgan fingerprint density at radius 3 is 1.83 bits per heavy atom. The summed E-state index contributed by atoms with van der Waals surface area (Å²) in [5.74, 6) is -11.8. The van der Waals surface area contributed by atoms with Crippen molar-refractivity contribution in [2.75, 3.05) is 6.61 Å². The van der Waals surface area contributed by atoms with Crippen molar-refractivity contribution in [3.8, 4) is 0 Å². The number of alkyl halides is 8. The molecule has 0 saturated carbocycles. The Hall–Kier alpha value is -1.35. The largest absolute Gasteiger partial charge is 0.462 e. The zero-order valence-corrected chi connectivity index (χ0v) is 8.41. The molecule has 0 fully saturated rings. The van der Waals surface area contributed by atoms with Crippen molar-refractivity contribution in [1.82, 2.24) is 0 Å². The molecule has 0 aliphatic heterocycles. The highest BCUT2D eigenvalue weighted by molar-refractivity contribution is 5.81. The molecule has 18 heavy (non-hydrogen) atoms. The van der Waals surface area contributed by atoms with E-state index < -0.39 is 36.8 Å². The van der Waals surface area contributed by atoms with Gasteiger partial charge in [-0.3, -0.25) is 0 Å². The molecule has 0 aromatic heterocycles. The minimum atomic E-state index is -6.41. The lowest BCUT2D eigenvalue weighted by atomic mass is 10.0. The highest BCUT2D eigenvalue weighted by Crippen LogP contribution is 2.47. The second kappa shape index (κ2) is 5.11. The summed E-state index contributed by atoms with van der Waals surface area (Å²) < 4.78 is 101. The van der Waals surface area contributed by atoms with Crippen LogP contribution in [-0.4, -0.2) is 30.9 Å². The molecule has 0 spiro atoms. The van der Waals surface area contributed by atoms with Crippen molar-refractivity contribution in [3.63, 3.8) is 0 Å². The Morgan fingerprint density at radius 2 is 1.56 bits per heavy atom. The summed E-state index contributed by atoms with van der Waals surface area (Å²) >= 11 is 0. The van der Waals surface area contributed by atoms with Gasteiger partial charge in [-0.2, -0.15) is 35.1 Å². The molecule has 0 aromatic rings.